The van der Waals surface area contributed by atoms with Gasteiger partial charge in [0.25, 0.3) is 0 Å². The maximum Gasteiger partial charge on any atom is 0.236 e. The molecule has 24 heavy (non-hydrogen) atoms. The van der Waals surface area contributed by atoms with E-state index in [0.717, 1.165) is 19.4 Å². The molecule has 0 saturated carbocycles. The summed E-state index contributed by atoms with van der Waals surface area (Å²) in [5, 5.41) is 0. The summed E-state index contributed by atoms with van der Waals surface area (Å²) in [5.74, 6) is 0.195. The van der Waals surface area contributed by atoms with Crippen LogP contribution in [0.15, 0.2) is 54.6 Å². The average molecular weight is 322 g/mol. The maximum absolute atomic E-state index is 12.7. The van der Waals surface area contributed by atoms with Gasteiger partial charge < -0.3 is 4.90 Å². The maximum atomic E-state index is 12.7. The van der Waals surface area contributed by atoms with Crippen LogP contribution >= 0.6 is 0 Å². The second kappa shape index (κ2) is 7.63. The van der Waals surface area contributed by atoms with Crippen LogP contribution in [0.25, 0.3) is 0 Å². The molecule has 2 aromatic rings. The largest absolute Gasteiger partial charge is 0.340 e. The molecule has 2 aromatic carbocycles. The SMILES string of the molecule is Cc1ccccc1CN(C)C(=O)CN1CCCC1c1ccccc1. The molecular weight excluding hydrogens is 296 g/mol. The van der Waals surface area contributed by atoms with E-state index in [4.69, 9.17) is 0 Å². The lowest BCUT2D eigenvalue weighted by molar-refractivity contribution is -0.131. The highest BCUT2D eigenvalue weighted by atomic mass is 16.2. The second-order valence-corrected chi connectivity index (χ2v) is 6.72. The molecule has 0 aliphatic carbocycles. The predicted octanol–water partition coefficient (Wildman–Crippen LogP) is 3.79. The van der Waals surface area contributed by atoms with E-state index < -0.39 is 0 Å². The van der Waals surface area contributed by atoms with Crippen LogP contribution in [-0.2, 0) is 11.3 Å². The molecule has 1 aliphatic rings. The number of likely N-dealkylation sites (tertiary alicyclic amines) is 1. The van der Waals surface area contributed by atoms with E-state index in [-0.39, 0.29) is 5.91 Å². The monoisotopic (exact) mass is 322 g/mol. The van der Waals surface area contributed by atoms with Gasteiger partial charge in [-0.1, -0.05) is 54.6 Å². The van der Waals surface area contributed by atoms with Crippen molar-refractivity contribution in [1.29, 1.82) is 0 Å². The minimum absolute atomic E-state index is 0.195. The van der Waals surface area contributed by atoms with Gasteiger partial charge in [-0.25, -0.2) is 0 Å². The minimum atomic E-state index is 0.195. The summed E-state index contributed by atoms with van der Waals surface area (Å²) >= 11 is 0. The number of nitrogens with zero attached hydrogens (tertiary/aromatic N) is 2. The van der Waals surface area contributed by atoms with Gasteiger partial charge in [0.2, 0.25) is 5.91 Å². The van der Waals surface area contributed by atoms with Crippen molar-refractivity contribution in [3.8, 4) is 0 Å². The van der Waals surface area contributed by atoms with Crippen molar-refractivity contribution in [1.82, 2.24) is 9.80 Å². The van der Waals surface area contributed by atoms with Gasteiger partial charge in [0, 0.05) is 19.6 Å². The molecule has 0 spiro atoms. The lowest BCUT2D eigenvalue weighted by atomic mass is 10.0. The van der Waals surface area contributed by atoms with E-state index in [0.29, 0.717) is 19.1 Å². The molecule has 0 bridgehead atoms. The number of carbonyl (C=O) groups excluding carboxylic acids is 1. The first-order valence-corrected chi connectivity index (χ1v) is 8.72. The van der Waals surface area contributed by atoms with E-state index in [1.807, 2.05) is 30.1 Å². The molecule has 1 saturated heterocycles. The number of likely N-dealkylation sites (N-methyl/N-ethyl adjacent to an activating group) is 1. The number of rotatable bonds is 5. The zero-order valence-corrected chi connectivity index (χ0v) is 14.6. The van der Waals surface area contributed by atoms with Crippen molar-refractivity contribution < 1.29 is 4.79 Å². The average Bonchev–Trinajstić information content (AvgIpc) is 3.05. The molecule has 0 aromatic heterocycles. The van der Waals surface area contributed by atoms with Gasteiger partial charge in [0.15, 0.2) is 0 Å². The van der Waals surface area contributed by atoms with Gasteiger partial charge >= 0.3 is 0 Å². The Morgan fingerprint density at radius 1 is 1.12 bits per heavy atom. The Bertz CT molecular complexity index is 683. The molecule has 1 aliphatic heterocycles. The van der Waals surface area contributed by atoms with Gasteiger partial charge in [-0.3, -0.25) is 9.69 Å². The van der Waals surface area contributed by atoms with E-state index in [1.165, 1.54) is 16.7 Å². The quantitative estimate of drug-likeness (QED) is 0.836. The Kier molecular flexibility index (Phi) is 5.31. The normalized spacial score (nSPS) is 17.8. The van der Waals surface area contributed by atoms with E-state index in [2.05, 4.69) is 48.2 Å². The summed E-state index contributed by atoms with van der Waals surface area (Å²) in [4.78, 5) is 16.9. The van der Waals surface area contributed by atoms with E-state index >= 15 is 0 Å². The molecule has 1 amide bonds. The Hall–Kier alpha value is -2.13. The standard InChI is InChI=1S/C21H26N2O/c1-17-9-6-7-12-19(17)15-22(2)21(24)16-23-14-8-13-20(23)18-10-4-3-5-11-18/h3-7,9-12,20H,8,13-16H2,1-2H3. The van der Waals surface area contributed by atoms with Crippen molar-refractivity contribution in [2.75, 3.05) is 20.1 Å². The molecule has 3 nitrogen and oxygen atoms in total. The van der Waals surface area contributed by atoms with Crippen molar-refractivity contribution in [3.63, 3.8) is 0 Å². The number of carbonyl (C=O) groups is 1. The number of hydrogen-bond acceptors (Lipinski definition) is 2. The number of hydrogen-bond donors (Lipinski definition) is 0. The van der Waals surface area contributed by atoms with Gasteiger partial charge in [-0.05, 0) is 43.0 Å². The van der Waals surface area contributed by atoms with E-state index in [1.54, 1.807) is 0 Å². The topological polar surface area (TPSA) is 23.6 Å². The number of amides is 1. The number of aryl methyl sites for hydroxylation is 1. The molecule has 1 unspecified atom stereocenters. The molecule has 1 fully saturated rings. The molecule has 3 heteroatoms. The van der Waals surface area contributed by atoms with Crippen LogP contribution in [-0.4, -0.2) is 35.8 Å². The fraction of sp³-hybridized carbons (Fsp3) is 0.381. The lowest BCUT2D eigenvalue weighted by Gasteiger charge is -2.27. The summed E-state index contributed by atoms with van der Waals surface area (Å²) in [7, 11) is 1.91. The Morgan fingerprint density at radius 3 is 2.58 bits per heavy atom. The molecule has 1 atom stereocenters. The molecule has 1 heterocycles. The first-order valence-electron chi connectivity index (χ1n) is 8.72. The third-order valence-electron chi connectivity index (χ3n) is 4.98. The van der Waals surface area contributed by atoms with Crippen molar-refractivity contribution in [2.45, 2.75) is 32.4 Å². The van der Waals surface area contributed by atoms with Gasteiger partial charge in [-0.15, -0.1) is 0 Å². The van der Waals surface area contributed by atoms with Gasteiger partial charge in [0.05, 0.1) is 6.54 Å². The summed E-state index contributed by atoms with van der Waals surface area (Å²) in [5.41, 5.74) is 3.78. The summed E-state index contributed by atoms with van der Waals surface area (Å²) < 4.78 is 0. The molecular formula is C21H26N2O. The zero-order valence-electron chi connectivity index (χ0n) is 14.6. The van der Waals surface area contributed by atoms with Gasteiger partial charge in [0.1, 0.15) is 0 Å². The Labute approximate surface area is 144 Å². The third-order valence-corrected chi connectivity index (χ3v) is 4.98. The third kappa shape index (κ3) is 3.85. The lowest BCUT2D eigenvalue weighted by Crippen LogP contribution is -2.37. The first-order chi connectivity index (χ1) is 11.6. The summed E-state index contributed by atoms with van der Waals surface area (Å²) in [6.07, 6.45) is 2.30. The zero-order chi connectivity index (χ0) is 16.9. The molecule has 3 rings (SSSR count). The molecule has 0 radical (unpaired) electrons. The van der Waals surface area contributed by atoms with Crippen LogP contribution in [0.3, 0.4) is 0 Å². The first kappa shape index (κ1) is 16.7. The van der Waals surface area contributed by atoms with Gasteiger partial charge in [-0.2, -0.15) is 0 Å². The predicted molar refractivity (Wildman–Crippen MR) is 97.6 cm³/mol. The molecule has 0 N–H and O–H groups in total. The van der Waals surface area contributed by atoms with E-state index in [9.17, 15) is 4.79 Å². The Balaban J connectivity index is 1.62. The highest BCUT2D eigenvalue weighted by molar-refractivity contribution is 5.78. The van der Waals surface area contributed by atoms with Crippen LogP contribution in [0.5, 0.6) is 0 Å². The summed E-state index contributed by atoms with van der Waals surface area (Å²) in [6, 6.07) is 19.2. The fourth-order valence-electron chi connectivity index (χ4n) is 3.49. The van der Waals surface area contributed by atoms with Crippen molar-refractivity contribution in [2.24, 2.45) is 0 Å². The fourth-order valence-corrected chi connectivity index (χ4v) is 3.49. The van der Waals surface area contributed by atoms with Crippen LogP contribution in [0, 0.1) is 6.92 Å². The summed E-state index contributed by atoms with van der Waals surface area (Å²) in [6.45, 7) is 4.28. The second-order valence-electron chi connectivity index (χ2n) is 6.72. The smallest absolute Gasteiger partial charge is 0.236 e. The van der Waals surface area contributed by atoms with Crippen molar-refractivity contribution in [3.05, 3.63) is 71.3 Å². The van der Waals surface area contributed by atoms with Crippen LogP contribution < -0.4 is 0 Å². The highest BCUT2D eigenvalue weighted by Crippen LogP contribution is 2.31. The minimum Gasteiger partial charge on any atom is -0.340 e. The Morgan fingerprint density at radius 2 is 1.83 bits per heavy atom. The highest BCUT2D eigenvalue weighted by Gasteiger charge is 2.28. The van der Waals surface area contributed by atoms with Crippen LogP contribution in [0.4, 0.5) is 0 Å². The van der Waals surface area contributed by atoms with Crippen LogP contribution in [0.2, 0.25) is 0 Å². The number of benzene rings is 2. The van der Waals surface area contributed by atoms with Crippen molar-refractivity contribution >= 4 is 5.91 Å². The molecule has 126 valence electrons. The van der Waals surface area contributed by atoms with Crippen LogP contribution in [0.1, 0.15) is 35.6 Å².